The molecule has 5 heteroatoms. The molecule has 16 heavy (non-hydrogen) atoms. The lowest BCUT2D eigenvalue weighted by Gasteiger charge is -2.19. The molecule has 0 amide bonds. The third-order valence-electron chi connectivity index (χ3n) is 2.20. The Morgan fingerprint density at radius 2 is 1.94 bits per heavy atom. The molecule has 0 fully saturated rings. The first-order valence-electron chi connectivity index (χ1n) is 4.77. The number of benzene rings is 1. The normalized spacial score (nSPS) is 9.94. The van der Waals surface area contributed by atoms with Crippen molar-refractivity contribution in [2.45, 2.75) is 13.0 Å². The third-order valence-corrected chi connectivity index (χ3v) is 2.20. The summed E-state index contributed by atoms with van der Waals surface area (Å²) in [6.07, 6.45) is 0.192. The first-order valence-corrected chi connectivity index (χ1v) is 4.77. The minimum atomic E-state index is -0.732. The summed E-state index contributed by atoms with van der Waals surface area (Å²) in [5.41, 5.74) is 0.0138. The molecule has 0 unspecified atom stereocenters. The highest BCUT2D eigenvalue weighted by atomic mass is 19.1. The number of aliphatic hydroxyl groups is 1. The van der Waals surface area contributed by atoms with Crippen LogP contribution in [-0.2, 0) is 6.61 Å². The van der Waals surface area contributed by atoms with E-state index >= 15 is 0 Å². The lowest BCUT2D eigenvalue weighted by molar-refractivity contribution is 0.280. The summed E-state index contributed by atoms with van der Waals surface area (Å²) in [5, 5.41) is 17.2. The Hall–Kier alpha value is -1.67. The van der Waals surface area contributed by atoms with Crippen molar-refractivity contribution in [1.82, 2.24) is 0 Å². The van der Waals surface area contributed by atoms with Gasteiger partial charge < -0.3 is 10.0 Å². The largest absolute Gasteiger partial charge is 0.392 e. The Morgan fingerprint density at radius 1 is 1.38 bits per heavy atom. The maximum atomic E-state index is 13.5. The molecule has 0 aliphatic rings. The van der Waals surface area contributed by atoms with Gasteiger partial charge in [0.25, 0.3) is 0 Å². The number of aliphatic hydroxyl groups excluding tert-OH is 1. The summed E-state index contributed by atoms with van der Waals surface area (Å²) in [7, 11) is 1.51. The second kappa shape index (κ2) is 5.42. The Labute approximate surface area is 92.5 Å². The maximum absolute atomic E-state index is 13.5. The molecular formula is C11H12F2N2O. The molecule has 0 radical (unpaired) electrons. The fourth-order valence-electron chi connectivity index (χ4n) is 1.40. The first kappa shape index (κ1) is 12.4. The van der Waals surface area contributed by atoms with E-state index in [-0.39, 0.29) is 24.2 Å². The second-order valence-electron chi connectivity index (χ2n) is 3.40. The SMILES string of the molecule is CN(CCC#N)c1c(F)cc(CO)cc1F. The summed E-state index contributed by atoms with van der Waals surface area (Å²) >= 11 is 0. The first-order chi connectivity index (χ1) is 7.60. The van der Waals surface area contributed by atoms with Gasteiger partial charge in [-0.25, -0.2) is 8.78 Å². The third kappa shape index (κ3) is 2.67. The number of hydrogen-bond donors (Lipinski definition) is 1. The highest BCUT2D eigenvalue weighted by Crippen LogP contribution is 2.24. The van der Waals surface area contributed by atoms with Gasteiger partial charge in [-0.15, -0.1) is 0 Å². The van der Waals surface area contributed by atoms with Crippen molar-refractivity contribution >= 4 is 5.69 Å². The molecule has 0 spiro atoms. The second-order valence-corrected chi connectivity index (χ2v) is 3.40. The molecule has 0 heterocycles. The summed E-state index contributed by atoms with van der Waals surface area (Å²) < 4.78 is 27.0. The van der Waals surface area contributed by atoms with Gasteiger partial charge in [-0.05, 0) is 17.7 Å². The van der Waals surface area contributed by atoms with Crippen LogP contribution in [0.5, 0.6) is 0 Å². The van der Waals surface area contributed by atoms with Gasteiger partial charge in [0.15, 0.2) is 0 Å². The molecule has 3 nitrogen and oxygen atoms in total. The molecule has 86 valence electrons. The van der Waals surface area contributed by atoms with E-state index in [2.05, 4.69) is 0 Å². The number of anilines is 1. The van der Waals surface area contributed by atoms with Crippen LogP contribution in [0.25, 0.3) is 0 Å². The molecule has 1 aromatic rings. The van der Waals surface area contributed by atoms with Crippen LogP contribution in [0.4, 0.5) is 14.5 Å². The zero-order valence-electron chi connectivity index (χ0n) is 8.87. The molecular weight excluding hydrogens is 214 g/mol. The molecule has 0 atom stereocenters. The number of rotatable bonds is 4. The minimum absolute atomic E-state index is 0.174. The van der Waals surface area contributed by atoms with Crippen molar-refractivity contribution in [1.29, 1.82) is 5.26 Å². The molecule has 1 aromatic carbocycles. The van der Waals surface area contributed by atoms with Crippen molar-refractivity contribution in [2.24, 2.45) is 0 Å². The van der Waals surface area contributed by atoms with E-state index in [1.807, 2.05) is 6.07 Å². The number of hydrogen-bond acceptors (Lipinski definition) is 3. The van der Waals surface area contributed by atoms with Crippen LogP contribution in [0.15, 0.2) is 12.1 Å². The van der Waals surface area contributed by atoms with E-state index in [4.69, 9.17) is 10.4 Å². The van der Waals surface area contributed by atoms with Crippen molar-refractivity contribution in [3.05, 3.63) is 29.3 Å². The van der Waals surface area contributed by atoms with Crippen LogP contribution in [0.3, 0.4) is 0 Å². The van der Waals surface area contributed by atoms with Gasteiger partial charge in [0.1, 0.15) is 17.3 Å². The molecule has 0 saturated heterocycles. The number of nitriles is 1. The Bertz CT molecular complexity index is 392. The van der Waals surface area contributed by atoms with Gasteiger partial charge in [0, 0.05) is 13.6 Å². The molecule has 0 aliphatic carbocycles. The summed E-state index contributed by atoms with van der Waals surface area (Å²) in [6, 6.07) is 4.07. The predicted octanol–water partition coefficient (Wildman–Crippen LogP) is 1.81. The summed E-state index contributed by atoms with van der Waals surface area (Å²) in [6.45, 7) is -0.154. The van der Waals surface area contributed by atoms with Gasteiger partial charge >= 0.3 is 0 Å². The quantitative estimate of drug-likeness (QED) is 0.851. The fraction of sp³-hybridized carbons (Fsp3) is 0.364. The van der Waals surface area contributed by atoms with Gasteiger partial charge in [0.2, 0.25) is 0 Å². The fourth-order valence-corrected chi connectivity index (χ4v) is 1.40. The van der Waals surface area contributed by atoms with E-state index in [1.165, 1.54) is 11.9 Å². The van der Waals surface area contributed by atoms with Crippen LogP contribution in [-0.4, -0.2) is 18.7 Å². The van der Waals surface area contributed by atoms with Crippen molar-refractivity contribution in [3.63, 3.8) is 0 Å². The highest BCUT2D eigenvalue weighted by molar-refractivity contribution is 5.50. The zero-order chi connectivity index (χ0) is 12.1. The highest BCUT2D eigenvalue weighted by Gasteiger charge is 2.14. The topological polar surface area (TPSA) is 47.3 Å². The molecule has 0 aromatic heterocycles. The average Bonchev–Trinajstić information content (AvgIpc) is 2.25. The summed E-state index contributed by atoms with van der Waals surface area (Å²) in [4.78, 5) is 1.34. The van der Waals surface area contributed by atoms with Crippen LogP contribution in [0, 0.1) is 23.0 Å². The summed E-state index contributed by atoms with van der Waals surface area (Å²) in [5.74, 6) is -1.46. The van der Waals surface area contributed by atoms with Crippen LogP contribution in [0.2, 0.25) is 0 Å². The van der Waals surface area contributed by atoms with Gasteiger partial charge in [0.05, 0.1) is 19.1 Å². The van der Waals surface area contributed by atoms with Crippen LogP contribution in [0.1, 0.15) is 12.0 Å². The van der Waals surface area contributed by atoms with Gasteiger partial charge in [-0.2, -0.15) is 5.26 Å². The predicted molar refractivity (Wildman–Crippen MR) is 55.8 cm³/mol. The Kier molecular flexibility index (Phi) is 4.20. The molecule has 1 N–H and O–H groups in total. The Balaban J connectivity index is 3.00. The van der Waals surface area contributed by atoms with E-state index in [9.17, 15) is 8.78 Å². The van der Waals surface area contributed by atoms with E-state index in [1.54, 1.807) is 0 Å². The van der Waals surface area contributed by atoms with E-state index in [0.29, 0.717) is 0 Å². The monoisotopic (exact) mass is 226 g/mol. The van der Waals surface area contributed by atoms with Crippen LogP contribution < -0.4 is 4.90 Å². The average molecular weight is 226 g/mol. The van der Waals surface area contributed by atoms with E-state index < -0.39 is 18.2 Å². The minimum Gasteiger partial charge on any atom is -0.392 e. The van der Waals surface area contributed by atoms with Crippen LogP contribution >= 0.6 is 0 Å². The van der Waals surface area contributed by atoms with Crippen molar-refractivity contribution < 1.29 is 13.9 Å². The number of halogens is 2. The molecule has 1 rings (SSSR count). The van der Waals surface area contributed by atoms with Gasteiger partial charge in [-0.3, -0.25) is 0 Å². The van der Waals surface area contributed by atoms with Crippen molar-refractivity contribution in [2.75, 3.05) is 18.5 Å². The lowest BCUT2D eigenvalue weighted by Crippen LogP contribution is -2.21. The molecule has 0 saturated carbocycles. The lowest BCUT2D eigenvalue weighted by atomic mass is 10.2. The maximum Gasteiger partial charge on any atom is 0.149 e. The molecule has 0 aliphatic heterocycles. The molecule has 0 bridgehead atoms. The zero-order valence-corrected chi connectivity index (χ0v) is 8.87. The van der Waals surface area contributed by atoms with E-state index in [0.717, 1.165) is 12.1 Å². The van der Waals surface area contributed by atoms with Gasteiger partial charge in [-0.1, -0.05) is 0 Å². The smallest absolute Gasteiger partial charge is 0.149 e. The standard InChI is InChI=1S/C11H12F2N2O/c1-15(4-2-3-14)11-9(12)5-8(7-16)6-10(11)13/h5-6,16H,2,4,7H2,1H3. The van der Waals surface area contributed by atoms with Crippen molar-refractivity contribution in [3.8, 4) is 6.07 Å². The number of nitrogens with zero attached hydrogens (tertiary/aromatic N) is 2. The Morgan fingerprint density at radius 3 is 2.38 bits per heavy atom.